The van der Waals surface area contributed by atoms with Crippen LogP contribution in [0.5, 0.6) is 0 Å². The number of para-hydroxylation sites is 6. The zero-order valence-electron chi connectivity index (χ0n) is 64.7. The lowest BCUT2D eigenvalue weighted by atomic mass is 10.1. The molecule has 6 nitrogen and oxygen atoms in total. The first-order chi connectivity index (χ1) is 59.1. The second-order valence-corrected chi connectivity index (χ2v) is 41.9. The molecular weight excluding hydrogens is 1580 g/mol. The van der Waals surface area contributed by atoms with Crippen LogP contribution in [0, 0.1) is 0 Å². The van der Waals surface area contributed by atoms with Crippen LogP contribution in [0.1, 0.15) is 0 Å². The lowest BCUT2D eigenvalue weighted by Gasteiger charge is -2.20. The van der Waals surface area contributed by atoms with E-state index in [1.807, 2.05) is 205 Å². The fourth-order valence-electron chi connectivity index (χ4n) is 18.0. The minimum absolute atomic E-state index is 0.793. The molecule has 12 heteroatoms. The molecule has 6 heterocycles. The summed E-state index contributed by atoms with van der Waals surface area (Å²) < 4.78 is 59.7. The molecule has 0 aliphatic rings. The van der Waals surface area contributed by atoms with E-state index in [1.165, 1.54) is 112 Å². The fraction of sp³-hybridized carbons (Fsp3) is 0. The molecule has 570 valence electrons. The second-order valence-electron chi connectivity index (χ2n) is 30.3. The summed E-state index contributed by atoms with van der Waals surface area (Å²) in [5, 5.41) is 22.1. The molecule has 0 aliphatic carbocycles. The Balaban J connectivity index is 0.000000108. The van der Waals surface area contributed by atoms with Crippen LogP contribution in [0.2, 0.25) is 0 Å². The Labute approximate surface area is 704 Å². The zero-order chi connectivity index (χ0) is 80.0. The highest BCUT2D eigenvalue weighted by atomic mass is 32.1. The van der Waals surface area contributed by atoms with Crippen LogP contribution in [0.4, 0.5) is 0 Å². The number of benzene rings is 18. The zero-order valence-corrected chi connectivity index (χ0v) is 69.8. The van der Waals surface area contributed by atoms with E-state index in [0.717, 1.165) is 79.0 Å². The standard InChI is InChI=1S/C36H22N2S.C36H24NOPS.C36H26O2P2S/c1-5-13-31-25(9-1)26-10-2-6-14-32(26)37(31)23-17-19-35-29(21-23)30-22-24(18-20-36(30)39-35)38-33-15-7-3-11-27(33)28-12-4-8-16-34(28)38;38-39(26-11-3-1-4-12-26,27-13-5-2-6-14-27)28-20-22-36-32(24-28)31-23-25(19-21-35(31)40-36)37-33-17-9-7-15-29(33)30-16-8-10-18-34(30)37;37-39(27-13-5-1-6-14-27,28-15-7-2-8-16-28)31-21-23-35-33(25-31)34-26-32(22-24-36(34)41-35)40(38,29-17-9-3-10-18-29)30-19-11-4-12-20-30/h1-22H;1-24H;1-26H. The van der Waals surface area contributed by atoms with E-state index in [0.29, 0.717) is 0 Å². The smallest absolute Gasteiger partial charge is 0.171 e. The highest BCUT2D eigenvalue weighted by Gasteiger charge is 2.34. The summed E-state index contributed by atoms with van der Waals surface area (Å²) in [7, 11) is -9.31. The summed E-state index contributed by atoms with van der Waals surface area (Å²) in [6.45, 7) is 0. The summed E-state index contributed by atoms with van der Waals surface area (Å²) in [6.07, 6.45) is 0. The average Bonchev–Trinajstić information content (AvgIpc) is 1.52. The highest BCUT2D eigenvalue weighted by molar-refractivity contribution is 7.86. The van der Waals surface area contributed by atoms with Crippen molar-refractivity contribution >= 4 is 229 Å². The Morgan fingerprint density at radius 3 is 0.517 bits per heavy atom. The molecule has 0 unspecified atom stereocenters. The Morgan fingerprint density at radius 1 is 0.150 bits per heavy atom. The van der Waals surface area contributed by atoms with Gasteiger partial charge in [0.25, 0.3) is 0 Å². The van der Waals surface area contributed by atoms with Crippen molar-refractivity contribution in [2.45, 2.75) is 0 Å². The van der Waals surface area contributed by atoms with Gasteiger partial charge in [-0.2, -0.15) is 0 Å². The maximum absolute atomic E-state index is 15.1. The quantitative estimate of drug-likeness (QED) is 0.115. The van der Waals surface area contributed by atoms with Crippen molar-refractivity contribution in [1.82, 2.24) is 13.7 Å². The predicted molar refractivity (Wildman–Crippen MR) is 519 cm³/mol. The van der Waals surface area contributed by atoms with Crippen LogP contribution in [0.25, 0.3) is 143 Å². The summed E-state index contributed by atoms with van der Waals surface area (Å²) in [4.78, 5) is 0. The second kappa shape index (κ2) is 30.0. The summed E-state index contributed by atoms with van der Waals surface area (Å²) >= 11 is 5.36. The third-order valence-electron chi connectivity index (χ3n) is 23.6. The maximum Gasteiger partial charge on any atom is 0.171 e. The largest absolute Gasteiger partial charge is 0.309 e. The van der Waals surface area contributed by atoms with Crippen LogP contribution >= 0.6 is 55.4 Å². The molecule has 0 spiro atoms. The first-order valence-corrected chi connectivity index (χ1v) is 47.7. The van der Waals surface area contributed by atoms with Crippen LogP contribution in [0.15, 0.2) is 437 Å². The molecule has 18 aromatic carbocycles. The molecule has 6 aromatic heterocycles. The van der Waals surface area contributed by atoms with E-state index in [9.17, 15) is 0 Å². The lowest BCUT2D eigenvalue weighted by Crippen LogP contribution is -2.25. The van der Waals surface area contributed by atoms with Crippen LogP contribution in [-0.4, -0.2) is 13.7 Å². The Morgan fingerprint density at radius 2 is 0.317 bits per heavy atom. The number of rotatable bonds is 12. The van der Waals surface area contributed by atoms with Gasteiger partial charge >= 0.3 is 0 Å². The third kappa shape index (κ3) is 12.1. The van der Waals surface area contributed by atoms with Crippen molar-refractivity contribution in [2.24, 2.45) is 0 Å². The first kappa shape index (κ1) is 73.1. The van der Waals surface area contributed by atoms with Crippen molar-refractivity contribution in [2.75, 3.05) is 0 Å². The number of thiophene rings is 3. The molecule has 0 saturated heterocycles. The van der Waals surface area contributed by atoms with E-state index in [1.54, 1.807) is 22.7 Å². The molecule has 24 rings (SSSR count). The molecular formula is C108H72N3O3P3S3. The lowest BCUT2D eigenvalue weighted by molar-refractivity contribution is 0.591. The van der Waals surface area contributed by atoms with Crippen LogP contribution in [0.3, 0.4) is 0 Å². The predicted octanol–water partition coefficient (Wildman–Crippen LogP) is 26.4. The molecule has 0 saturated carbocycles. The summed E-state index contributed by atoms with van der Waals surface area (Å²) in [6, 6.07) is 150. The minimum Gasteiger partial charge on any atom is -0.309 e. The molecule has 0 N–H and O–H groups in total. The van der Waals surface area contributed by atoms with Crippen molar-refractivity contribution in [1.29, 1.82) is 0 Å². The van der Waals surface area contributed by atoms with E-state index in [4.69, 9.17) is 0 Å². The van der Waals surface area contributed by atoms with Gasteiger partial charge in [0.1, 0.15) is 0 Å². The van der Waals surface area contributed by atoms with Gasteiger partial charge < -0.3 is 27.4 Å². The van der Waals surface area contributed by atoms with Gasteiger partial charge in [0.15, 0.2) is 21.4 Å². The third-order valence-corrected chi connectivity index (χ3v) is 36.3. The van der Waals surface area contributed by atoms with Gasteiger partial charge in [-0.15, -0.1) is 34.0 Å². The molecule has 0 atom stereocenters. The topological polar surface area (TPSA) is 66.0 Å². The average molecular weight is 1650 g/mol. The van der Waals surface area contributed by atoms with E-state index in [2.05, 4.69) is 256 Å². The SMILES string of the molecule is O=P(c1ccccc1)(c1ccccc1)c1ccc2sc3ccc(-n4c5ccccc5c5ccccc54)cc3c2c1.O=P(c1ccccc1)(c1ccccc1)c1ccc2sc3ccc(P(=O)(c4ccccc4)c4ccccc4)cc3c2c1.c1ccc2c(c1)c1ccccc1n2-c1ccc2sc3ccc(-n4c5ccccc5c5ccccc54)cc3c2c1. The van der Waals surface area contributed by atoms with E-state index < -0.39 is 21.4 Å². The van der Waals surface area contributed by atoms with Gasteiger partial charge in [0, 0.05) is 158 Å². The van der Waals surface area contributed by atoms with Crippen molar-refractivity contribution in [3.8, 4) is 17.1 Å². The molecule has 0 radical (unpaired) electrons. The molecule has 0 amide bonds. The maximum atomic E-state index is 15.1. The molecule has 0 aliphatic heterocycles. The van der Waals surface area contributed by atoms with Gasteiger partial charge in [-0.05, 0) is 146 Å². The van der Waals surface area contributed by atoms with Crippen LogP contribution in [-0.2, 0) is 13.7 Å². The van der Waals surface area contributed by atoms with Crippen LogP contribution < -0.4 is 47.7 Å². The fourth-order valence-corrected chi connectivity index (χ4v) is 29.3. The number of hydrogen-bond donors (Lipinski definition) is 0. The van der Waals surface area contributed by atoms with Crippen molar-refractivity contribution < 1.29 is 13.7 Å². The number of fused-ring (bicyclic) bond motifs is 18. The Hall–Kier alpha value is -13.3. The van der Waals surface area contributed by atoms with E-state index >= 15 is 13.7 Å². The van der Waals surface area contributed by atoms with Crippen molar-refractivity contribution in [3.05, 3.63) is 437 Å². The molecule has 0 bridgehead atoms. The number of nitrogens with zero attached hydrogens (tertiary/aromatic N) is 3. The summed E-state index contributed by atoms with van der Waals surface area (Å²) in [5.41, 5.74) is 10.9. The van der Waals surface area contributed by atoms with Gasteiger partial charge in [-0.3, -0.25) is 0 Å². The van der Waals surface area contributed by atoms with Gasteiger partial charge in [-0.25, -0.2) is 0 Å². The van der Waals surface area contributed by atoms with Gasteiger partial charge in [-0.1, -0.05) is 291 Å². The van der Waals surface area contributed by atoms with Gasteiger partial charge in [0.05, 0.1) is 33.1 Å². The highest BCUT2D eigenvalue weighted by Crippen LogP contribution is 2.50. The Kier molecular flexibility index (Phi) is 18.2. The minimum atomic E-state index is -3.12. The monoisotopic (exact) mass is 1650 g/mol. The Bertz CT molecular complexity index is 7670. The molecule has 120 heavy (non-hydrogen) atoms. The number of hydrogen-bond acceptors (Lipinski definition) is 6. The van der Waals surface area contributed by atoms with Crippen molar-refractivity contribution in [3.63, 3.8) is 0 Å². The molecule has 0 fully saturated rings. The first-order valence-electron chi connectivity index (χ1n) is 40.2. The molecule has 24 aromatic rings. The van der Waals surface area contributed by atoms with Gasteiger partial charge in [0.2, 0.25) is 0 Å². The number of aromatic nitrogens is 3. The normalized spacial score (nSPS) is 12.1. The summed E-state index contributed by atoms with van der Waals surface area (Å²) in [5.74, 6) is 0. The van der Waals surface area contributed by atoms with E-state index in [-0.39, 0.29) is 0 Å².